The summed E-state index contributed by atoms with van der Waals surface area (Å²) in [4.78, 5) is 31.8. The molecule has 42 heavy (non-hydrogen) atoms. The molecule has 3 heterocycles. The molecule has 10 nitrogen and oxygen atoms in total. The largest absolute Gasteiger partial charge is 0.322 e. The summed E-state index contributed by atoms with van der Waals surface area (Å²) in [5, 5.41) is 15.8. The van der Waals surface area contributed by atoms with Crippen molar-refractivity contribution < 1.29 is 4.79 Å². The molecule has 1 atom stereocenters. The Labute approximate surface area is 249 Å². The van der Waals surface area contributed by atoms with Crippen molar-refractivity contribution in [2.24, 2.45) is 0 Å². The van der Waals surface area contributed by atoms with E-state index >= 15 is 0 Å². The minimum absolute atomic E-state index is 0.211. The summed E-state index contributed by atoms with van der Waals surface area (Å²) < 4.78 is 4.46. The van der Waals surface area contributed by atoms with E-state index in [1.807, 2.05) is 60.7 Å². The van der Waals surface area contributed by atoms with Gasteiger partial charge >= 0.3 is 0 Å². The summed E-state index contributed by atoms with van der Waals surface area (Å²) in [6, 6.07) is 24.6. The maximum Gasteiger partial charge on any atom is 0.254 e. The SMILES string of the molecule is O=C(Nc1cnn(-c2ccccc2)c1)[C@H](Cc1ccccc1)n1cnc(-c2cc(Cl)ccc2-n2cc(Cl)nn2)cc1=O. The Bertz CT molecular complexity index is 1920. The number of rotatable bonds is 8. The number of aromatic nitrogens is 7. The van der Waals surface area contributed by atoms with Crippen molar-refractivity contribution in [1.29, 1.82) is 0 Å². The fourth-order valence-electron chi connectivity index (χ4n) is 4.56. The first-order valence-corrected chi connectivity index (χ1v) is 13.6. The predicted molar refractivity (Wildman–Crippen MR) is 160 cm³/mol. The molecule has 3 aromatic heterocycles. The van der Waals surface area contributed by atoms with Crippen LogP contribution in [0.25, 0.3) is 22.6 Å². The van der Waals surface area contributed by atoms with Crippen LogP contribution < -0.4 is 10.9 Å². The summed E-state index contributed by atoms with van der Waals surface area (Å²) in [6.45, 7) is 0. The van der Waals surface area contributed by atoms with Crippen molar-refractivity contribution in [1.82, 2.24) is 34.3 Å². The highest BCUT2D eigenvalue weighted by atomic mass is 35.5. The molecule has 0 saturated carbocycles. The van der Waals surface area contributed by atoms with E-state index in [9.17, 15) is 9.59 Å². The van der Waals surface area contributed by atoms with E-state index in [0.717, 1.165) is 11.3 Å². The number of carbonyl (C=O) groups is 1. The Kier molecular flexibility index (Phi) is 7.63. The van der Waals surface area contributed by atoms with Crippen LogP contribution in [0.15, 0.2) is 115 Å². The van der Waals surface area contributed by atoms with Crippen molar-refractivity contribution in [3.63, 3.8) is 0 Å². The van der Waals surface area contributed by atoms with E-state index in [1.54, 1.807) is 35.3 Å². The lowest BCUT2D eigenvalue weighted by molar-refractivity contribution is -0.119. The molecule has 0 saturated heterocycles. The fraction of sp³-hybridized carbons (Fsp3) is 0.0667. The van der Waals surface area contributed by atoms with E-state index in [0.29, 0.717) is 27.7 Å². The first kappa shape index (κ1) is 27.1. The molecule has 1 N–H and O–H groups in total. The molecule has 0 radical (unpaired) electrons. The van der Waals surface area contributed by atoms with Gasteiger partial charge in [-0.15, -0.1) is 5.10 Å². The van der Waals surface area contributed by atoms with Gasteiger partial charge in [0.25, 0.3) is 5.56 Å². The average Bonchev–Trinajstić information content (AvgIpc) is 3.66. The minimum atomic E-state index is -0.894. The fourth-order valence-corrected chi connectivity index (χ4v) is 4.85. The summed E-state index contributed by atoms with van der Waals surface area (Å²) in [7, 11) is 0. The molecule has 6 rings (SSSR count). The van der Waals surface area contributed by atoms with Gasteiger partial charge in [-0.05, 0) is 35.9 Å². The van der Waals surface area contributed by atoms with Crippen LogP contribution in [0.4, 0.5) is 5.69 Å². The van der Waals surface area contributed by atoms with Gasteiger partial charge in [0.15, 0.2) is 5.15 Å². The molecule has 6 aromatic rings. The molecule has 1 amide bonds. The second kappa shape index (κ2) is 11.8. The second-order valence-corrected chi connectivity index (χ2v) is 10.2. The summed E-state index contributed by atoms with van der Waals surface area (Å²) in [5.41, 5.74) is 3.29. The van der Waals surface area contributed by atoms with Gasteiger partial charge < -0.3 is 5.32 Å². The van der Waals surface area contributed by atoms with Crippen molar-refractivity contribution in [2.75, 3.05) is 5.32 Å². The summed E-state index contributed by atoms with van der Waals surface area (Å²) in [5.74, 6) is -0.385. The lowest BCUT2D eigenvalue weighted by Crippen LogP contribution is -2.34. The quantitative estimate of drug-likeness (QED) is 0.251. The lowest BCUT2D eigenvalue weighted by atomic mass is 10.0. The number of halogens is 2. The van der Waals surface area contributed by atoms with Crippen LogP contribution >= 0.6 is 23.2 Å². The molecule has 208 valence electrons. The van der Waals surface area contributed by atoms with E-state index in [4.69, 9.17) is 23.2 Å². The minimum Gasteiger partial charge on any atom is -0.322 e. The molecule has 0 unspecified atom stereocenters. The third kappa shape index (κ3) is 5.85. The molecular weight excluding hydrogens is 575 g/mol. The number of hydrogen-bond acceptors (Lipinski definition) is 6. The Hall–Kier alpha value is -5.06. The molecule has 0 aliphatic carbocycles. The molecule has 0 spiro atoms. The van der Waals surface area contributed by atoms with Gasteiger partial charge in [0.05, 0.1) is 47.7 Å². The number of amides is 1. The average molecular weight is 597 g/mol. The highest BCUT2D eigenvalue weighted by molar-refractivity contribution is 6.31. The van der Waals surface area contributed by atoms with Crippen LogP contribution in [-0.2, 0) is 11.2 Å². The van der Waals surface area contributed by atoms with Crippen molar-refractivity contribution in [3.05, 3.63) is 136 Å². The van der Waals surface area contributed by atoms with Gasteiger partial charge in [0.2, 0.25) is 5.91 Å². The van der Waals surface area contributed by atoms with Gasteiger partial charge in [-0.2, -0.15) is 5.10 Å². The van der Waals surface area contributed by atoms with Gasteiger partial charge in [-0.1, -0.05) is 76.9 Å². The number of benzene rings is 3. The Morgan fingerprint density at radius 2 is 1.67 bits per heavy atom. The molecule has 0 fully saturated rings. The number of hydrogen-bond donors (Lipinski definition) is 1. The smallest absolute Gasteiger partial charge is 0.254 e. The maximum atomic E-state index is 13.7. The van der Waals surface area contributed by atoms with Crippen molar-refractivity contribution >= 4 is 34.8 Å². The van der Waals surface area contributed by atoms with Gasteiger partial charge in [0, 0.05) is 23.1 Å². The first-order chi connectivity index (χ1) is 20.4. The van der Waals surface area contributed by atoms with Crippen LogP contribution in [0.1, 0.15) is 11.6 Å². The van der Waals surface area contributed by atoms with Crippen LogP contribution in [0.3, 0.4) is 0 Å². The number of carbonyl (C=O) groups excluding carboxylic acids is 1. The topological polar surface area (TPSA) is 113 Å². The van der Waals surface area contributed by atoms with E-state index in [-0.39, 0.29) is 17.5 Å². The molecule has 0 aliphatic heterocycles. The van der Waals surface area contributed by atoms with Crippen molar-refractivity contribution in [2.45, 2.75) is 12.5 Å². The normalized spacial score (nSPS) is 11.8. The van der Waals surface area contributed by atoms with Gasteiger partial charge in [-0.25, -0.2) is 14.3 Å². The zero-order valence-electron chi connectivity index (χ0n) is 21.9. The number of nitrogens with one attached hydrogen (secondary N) is 1. The molecular formula is C30H22Cl2N8O2. The standard InChI is InChI=1S/C30H22Cl2N8O2/c31-21-11-12-26(40-18-28(32)36-37-40)24(14-21)25-15-29(41)38(19-33-25)27(13-20-7-3-1-4-8-20)30(42)35-22-16-34-39(17-22)23-9-5-2-6-10-23/h1-12,14-19,27H,13H2,(H,35,42)/t27-/m0/s1. The number of para-hydroxylation sites is 1. The number of nitrogens with zero attached hydrogens (tertiary/aromatic N) is 7. The molecule has 3 aromatic carbocycles. The maximum absolute atomic E-state index is 13.7. The first-order valence-electron chi connectivity index (χ1n) is 12.9. The van der Waals surface area contributed by atoms with Gasteiger partial charge in [-0.3, -0.25) is 14.2 Å². The van der Waals surface area contributed by atoms with Crippen LogP contribution in [0.2, 0.25) is 10.2 Å². The summed E-state index contributed by atoms with van der Waals surface area (Å²) in [6.07, 6.45) is 6.45. The lowest BCUT2D eigenvalue weighted by Gasteiger charge is -2.19. The van der Waals surface area contributed by atoms with E-state index in [2.05, 4.69) is 25.7 Å². The predicted octanol–water partition coefficient (Wildman–Crippen LogP) is 5.41. The third-order valence-electron chi connectivity index (χ3n) is 6.56. The highest BCUT2D eigenvalue weighted by Crippen LogP contribution is 2.28. The molecule has 0 bridgehead atoms. The Morgan fingerprint density at radius 1 is 0.905 bits per heavy atom. The summed E-state index contributed by atoms with van der Waals surface area (Å²) >= 11 is 12.3. The third-order valence-corrected chi connectivity index (χ3v) is 6.97. The zero-order chi connectivity index (χ0) is 29.1. The van der Waals surface area contributed by atoms with E-state index < -0.39 is 11.6 Å². The Morgan fingerprint density at radius 3 is 2.38 bits per heavy atom. The monoisotopic (exact) mass is 596 g/mol. The van der Waals surface area contributed by atoms with Crippen LogP contribution in [-0.4, -0.2) is 40.2 Å². The second-order valence-electron chi connectivity index (χ2n) is 9.37. The van der Waals surface area contributed by atoms with E-state index in [1.165, 1.54) is 27.8 Å². The molecule has 0 aliphatic rings. The van der Waals surface area contributed by atoms with Gasteiger partial charge in [0.1, 0.15) is 6.04 Å². The van der Waals surface area contributed by atoms with Crippen LogP contribution in [0.5, 0.6) is 0 Å². The van der Waals surface area contributed by atoms with Crippen molar-refractivity contribution in [3.8, 4) is 22.6 Å². The number of anilines is 1. The Balaban J connectivity index is 1.34. The highest BCUT2D eigenvalue weighted by Gasteiger charge is 2.24. The zero-order valence-corrected chi connectivity index (χ0v) is 23.4. The van der Waals surface area contributed by atoms with Crippen LogP contribution in [0, 0.1) is 0 Å². The molecule has 12 heteroatoms.